The van der Waals surface area contributed by atoms with Gasteiger partial charge in [0.1, 0.15) is 0 Å². The molecule has 15 heavy (non-hydrogen) atoms. The van der Waals surface area contributed by atoms with Crippen LogP contribution in [0.3, 0.4) is 0 Å². The van der Waals surface area contributed by atoms with Gasteiger partial charge >= 0.3 is 0 Å². The standard InChI is InChI=1S/C12H18N2O/c1-11(15)14-10-9-13-8-7-12-5-3-2-4-6-12/h2-6,13H,7-10H2,1H3,(H,14,15). The van der Waals surface area contributed by atoms with Gasteiger partial charge in [0.2, 0.25) is 5.91 Å². The molecule has 0 aliphatic rings. The summed E-state index contributed by atoms with van der Waals surface area (Å²) >= 11 is 0. The lowest BCUT2D eigenvalue weighted by Gasteiger charge is -2.05. The van der Waals surface area contributed by atoms with Crippen LogP contribution in [0.4, 0.5) is 0 Å². The maximum atomic E-state index is 10.6. The van der Waals surface area contributed by atoms with Gasteiger partial charge in [0.05, 0.1) is 0 Å². The zero-order valence-corrected chi connectivity index (χ0v) is 9.12. The van der Waals surface area contributed by atoms with Crippen LogP contribution in [0.1, 0.15) is 12.5 Å². The number of amides is 1. The van der Waals surface area contributed by atoms with Gasteiger partial charge in [-0.05, 0) is 18.5 Å². The van der Waals surface area contributed by atoms with E-state index in [-0.39, 0.29) is 5.91 Å². The summed E-state index contributed by atoms with van der Waals surface area (Å²) < 4.78 is 0. The summed E-state index contributed by atoms with van der Waals surface area (Å²) in [5, 5.41) is 6.02. The second kappa shape index (κ2) is 7.01. The second-order valence-corrected chi connectivity index (χ2v) is 3.47. The van der Waals surface area contributed by atoms with Crippen molar-refractivity contribution in [2.45, 2.75) is 13.3 Å². The number of nitrogens with one attached hydrogen (secondary N) is 2. The molecular formula is C12H18N2O. The summed E-state index contributed by atoms with van der Waals surface area (Å²) in [6, 6.07) is 10.4. The van der Waals surface area contributed by atoms with E-state index in [1.165, 1.54) is 12.5 Å². The fourth-order valence-corrected chi connectivity index (χ4v) is 1.33. The third-order valence-corrected chi connectivity index (χ3v) is 2.11. The fraction of sp³-hybridized carbons (Fsp3) is 0.417. The number of carbonyl (C=O) groups is 1. The molecule has 0 aromatic heterocycles. The molecule has 1 aromatic carbocycles. The van der Waals surface area contributed by atoms with Gasteiger partial charge in [-0.25, -0.2) is 0 Å². The Bertz CT molecular complexity index is 285. The quantitative estimate of drug-likeness (QED) is 0.681. The number of carbonyl (C=O) groups excluding carboxylic acids is 1. The summed E-state index contributed by atoms with van der Waals surface area (Å²) in [6.45, 7) is 4.00. The number of hydrogen-bond acceptors (Lipinski definition) is 2. The smallest absolute Gasteiger partial charge is 0.216 e. The van der Waals surface area contributed by atoms with Crippen molar-refractivity contribution in [1.29, 1.82) is 0 Å². The van der Waals surface area contributed by atoms with Crippen molar-refractivity contribution >= 4 is 5.91 Å². The van der Waals surface area contributed by atoms with Crippen molar-refractivity contribution < 1.29 is 4.79 Å². The molecule has 3 nitrogen and oxygen atoms in total. The summed E-state index contributed by atoms with van der Waals surface area (Å²) in [5.74, 6) is 0.0276. The molecule has 0 aliphatic carbocycles. The molecule has 3 heteroatoms. The van der Waals surface area contributed by atoms with Gasteiger partial charge in [-0.1, -0.05) is 30.3 Å². The minimum atomic E-state index is 0.0276. The molecule has 1 amide bonds. The Labute approximate surface area is 90.9 Å². The third kappa shape index (κ3) is 5.86. The van der Waals surface area contributed by atoms with E-state index in [2.05, 4.69) is 22.8 Å². The molecule has 0 radical (unpaired) electrons. The highest BCUT2D eigenvalue weighted by Crippen LogP contribution is 1.97. The molecule has 0 unspecified atom stereocenters. The van der Waals surface area contributed by atoms with Gasteiger partial charge in [0, 0.05) is 20.0 Å². The van der Waals surface area contributed by atoms with Crippen LogP contribution in [0.25, 0.3) is 0 Å². The average molecular weight is 206 g/mol. The summed E-state index contributed by atoms with van der Waals surface area (Å²) in [5.41, 5.74) is 1.34. The average Bonchev–Trinajstić information content (AvgIpc) is 2.24. The minimum absolute atomic E-state index is 0.0276. The van der Waals surface area contributed by atoms with E-state index in [1.54, 1.807) is 0 Å². The van der Waals surface area contributed by atoms with E-state index in [1.807, 2.05) is 18.2 Å². The van der Waals surface area contributed by atoms with E-state index >= 15 is 0 Å². The molecule has 0 aliphatic heterocycles. The van der Waals surface area contributed by atoms with Crippen molar-refractivity contribution in [2.24, 2.45) is 0 Å². The maximum Gasteiger partial charge on any atom is 0.216 e. The molecule has 0 saturated carbocycles. The fourth-order valence-electron chi connectivity index (χ4n) is 1.33. The normalized spacial score (nSPS) is 9.93. The number of rotatable bonds is 6. The largest absolute Gasteiger partial charge is 0.355 e. The predicted molar refractivity (Wildman–Crippen MR) is 61.7 cm³/mol. The zero-order chi connectivity index (χ0) is 10.9. The lowest BCUT2D eigenvalue weighted by Crippen LogP contribution is -2.31. The Hall–Kier alpha value is -1.35. The Morgan fingerprint density at radius 3 is 2.53 bits per heavy atom. The molecule has 0 atom stereocenters. The van der Waals surface area contributed by atoms with E-state index < -0.39 is 0 Å². The number of hydrogen-bond donors (Lipinski definition) is 2. The van der Waals surface area contributed by atoms with Gasteiger partial charge < -0.3 is 10.6 Å². The highest BCUT2D eigenvalue weighted by molar-refractivity contribution is 5.72. The van der Waals surface area contributed by atoms with Crippen molar-refractivity contribution in [3.05, 3.63) is 35.9 Å². The van der Waals surface area contributed by atoms with Gasteiger partial charge in [0.25, 0.3) is 0 Å². The number of benzene rings is 1. The maximum absolute atomic E-state index is 10.6. The van der Waals surface area contributed by atoms with Crippen molar-refractivity contribution in [2.75, 3.05) is 19.6 Å². The van der Waals surface area contributed by atoms with Gasteiger partial charge in [-0.3, -0.25) is 4.79 Å². The van der Waals surface area contributed by atoms with Crippen LogP contribution in [0.5, 0.6) is 0 Å². The molecule has 0 spiro atoms. The van der Waals surface area contributed by atoms with E-state index in [4.69, 9.17) is 0 Å². The summed E-state index contributed by atoms with van der Waals surface area (Å²) in [7, 11) is 0. The molecule has 0 saturated heterocycles. The first-order valence-electron chi connectivity index (χ1n) is 5.28. The second-order valence-electron chi connectivity index (χ2n) is 3.47. The van der Waals surface area contributed by atoms with Crippen LogP contribution in [0, 0.1) is 0 Å². The molecular weight excluding hydrogens is 188 g/mol. The first-order valence-corrected chi connectivity index (χ1v) is 5.28. The minimum Gasteiger partial charge on any atom is -0.355 e. The highest BCUT2D eigenvalue weighted by atomic mass is 16.1. The molecule has 1 aromatic rings. The Balaban J connectivity index is 2.00. The van der Waals surface area contributed by atoms with Crippen LogP contribution < -0.4 is 10.6 Å². The van der Waals surface area contributed by atoms with Crippen LogP contribution in [-0.4, -0.2) is 25.5 Å². The molecule has 1 rings (SSSR count). The summed E-state index contributed by atoms with van der Waals surface area (Å²) in [4.78, 5) is 10.6. The van der Waals surface area contributed by atoms with Crippen LogP contribution in [-0.2, 0) is 11.2 Å². The van der Waals surface area contributed by atoms with Crippen molar-refractivity contribution in [3.63, 3.8) is 0 Å². The first kappa shape index (κ1) is 11.7. The van der Waals surface area contributed by atoms with Gasteiger partial charge in [-0.2, -0.15) is 0 Å². The molecule has 0 bridgehead atoms. The van der Waals surface area contributed by atoms with Crippen LogP contribution in [0.2, 0.25) is 0 Å². The Kier molecular flexibility index (Phi) is 5.48. The van der Waals surface area contributed by atoms with Crippen LogP contribution in [0.15, 0.2) is 30.3 Å². The van der Waals surface area contributed by atoms with Gasteiger partial charge in [0.15, 0.2) is 0 Å². The molecule has 0 fully saturated rings. The molecule has 2 N–H and O–H groups in total. The van der Waals surface area contributed by atoms with Crippen molar-refractivity contribution in [1.82, 2.24) is 10.6 Å². The topological polar surface area (TPSA) is 41.1 Å². The Morgan fingerprint density at radius 2 is 1.87 bits per heavy atom. The van der Waals surface area contributed by atoms with Gasteiger partial charge in [-0.15, -0.1) is 0 Å². The Morgan fingerprint density at radius 1 is 1.13 bits per heavy atom. The zero-order valence-electron chi connectivity index (χ0n) is 9.12. The van der Waals surface area contributed by atoms with Crippen molar-refractivity contribution in [3.8, 4) is 0 Å². The monoisotopic (exact) mass is 206 g/mol. The SMILES string of the molecule is CC(=O)NCCNCCc1ccccc1. The highest BCUT2D eigenvalue weighted by Gasteiger charge is 1.92. The first-order chi connectivity index (χ1) is 7.29. The summed E-state index contributed by atoms with van der Waals surface area (Å²) in [6.07, 6.45) is 1.03. The molecule has 82 valence electrons. The van der Waals surface area contributed by atoms with Crippen LogP contribution >= 0.6 is 0 Å². The third-order valence-electron chi connectivity index (χ3n) is 2.11. The molecule has 0 heterocycles. The lowest BCUT2D eigenvalue weighted by atomic mass is 10.1. The van der Waals surface area contributed by atoms with E-state index in [0.29, 0.717) is 6.54 Å². The van der Waals surface area contributed by atoms with E-state index in [0.717, 1.165) is 19.5 Å². The predicted octanol–water partition coefficient (Wildman–Crippen LogP) is 0.955. The lowest BCUT2D eigenvalue weighted by molar-refractivity contribution is -0.118. The van der Waals surface area contributed by atoms with E-state index in [9.17, 15) is 4.79 Å².